The molecule has 2 rings (SSSR count). The smallest absolute Gasteiger partial charge is 0.277 e. The fourth-order valence-corrected chi connectivity index (χ4v) is 1.71. The zero-order valence-corrected chi connectivity index (χ0v) is 11.7. The van der Waals surface area contributed by atoms with Gasteiger partial charge in [0, 0.05) is 25.0 Å². The quantitative estimate of drug-likeness (QED) is 0.678. The van der Waals surface area contributed by atoms with Crippen molar-refractivity contribution in [1.29, 1.82) is 0 Å². The van der Waals surface area contributed by atoms with Gasteiger partial charge in [-0.15, -0.1) is 0 Å². The van der Waals surface area contributed by atoms with E-state index in [-0.39, 0.29) is 12.5 Å². The summed E-state index contributed by atoms with van der Waals surface area (Å²) >= 11 is 5.91. The molecule has 0 fully saturated rings. The van der Waals surface area contributed by atoms with Crippen molar-refractivity contribution in [3.8, 4) is 5.75 Å². The number of hydrogen-bond donors (Lipinski definition) is 1. The number of hydrogen-bond acceptors (Lipinski definition) is 3. The summed E-state index contributed by atoms with van der Waals surface area (Å²) in [5, 5.41) is 4.30. The van der Waals surface area contributed by atoms with Crippen LogP contribution in [-0.2, 0) is 11.8 Å². The van der Waals surface area contributed by atoms with Crippen LogP contribution in [0.25, 0.3) is 0 Å². The number of nitrogens with zero attached hydrogens (tertiary/aromatic N) is 2. The molecular weight excluding hydrogens is 278 g/mol. The third kappa shape index (κ3) is 4.13. The maximum absolute atomic E-state index is 11.5. The third-order valence-electron chi connectivity index (χ3n) is 2.45. The van der Waals surface area contributed by atoms with E-state index in [0.29, 0.717) is 10.8 Å². The molecule has 0 aliphatic heterocycles. The van der Waals surface area contributed by atoms with Crippen LogP contribution in [0.1, 0.15) is 5.56 Å². The van der Waals surface area contributed by atoms with Crippen LogP contribution in [0.4, 0.5) is 0 Å². The topological polar surface area (TPSA) is 55.6 Å². The van der Waals surface area contributed by atoms with Crippen LogP contribution in [-0.4, -0.2) is 23.3 Å². The Bertz CT molecular complexity index is 622. The molecule has 0 atom stereocenters. The number of aryl methyl sites for hydroxylation is 1. The van der Waals surface area contributed by atoms with E-state index in [2.05, 4.69) is 10.5 Å². The Hall–Kier alpha value is -2.27. The molecule has 1 heterocycles. The second-order valence-electron chi connectivity index (χ2n) is 4.12. The molecular formula is C14H14ClN3O2. The number of para-hydroxylation sites is 1. The number of halogens is 1. The van der Waals surface area contributed by atoms with Gasteiger partial charge in [-0.25, -0.2) is 5.43 Å². The molecule has 6 heteroatoms. The van der Waals surface area contributed by atoms with Gasteiger partial charge in [-0.3, -0.25) is 4.79 Å². The van der Waals surface area contributed by atoms with E-state index >= 15 is 0 Å². The Labute approximate surface area is 121 Å². The average molecular weight is 292 g/mol. The molecule has 0 spiro atoms. The SMILES string of the molecule is Cn1ccc(/C=N/NC(=O)COc2ccccc2Cl)c1. The summed E-state index contributed by atoms with van der Waals surface area (Å²) < 4.78 is 7.18. The van der Waals surface area contributed by atoms with Crippen molar-refractivity contribution in [2.45, 2.75) is 0 Å². The summed E-state index contributed by atoms with van der Waals surface area (Å²) in [4.78, 5) is 11.5. The predicted octanol–water partition coefficient (Wildman–Crippen LogP) is 2.21. The van der Waals surface area contributed by atoms with E-state index in [0.717, 1.165) is 5.56 Å². The highest BCUT2D eigenvalue weighted by Crippen LogP contribution is 2.22. The summed E-state index contributed by atoms with van der Waals surface area (Å²) in [5.74, 6) is 0.119. The van der Waals surface area contributed by atoms with Crippen LogP contribution >= 0.6 is 11.6 Å². The summed E-state index contributed by atoms with van der Waals surface area (Å²) in [6.45, 7) is -0.143. The van der Waals surface area contributed by atoms with Gasteiger partial charge in [0.25, 0.3) is 5.91 Å². The van der Waals surface area contributed by atoms with Crippen molar-refractivity contribution in [3.63, 3.8) is 0 Å². The van der Waals surface area contributed by atoms with Crippen LogP contribution in [0.5, 0.6) is 5.75 Å². The van der Waals surface area contributed by atoms with Gasteiger partial charge in [-0.1, -0.05) is 23.7 Å². The van der Waals surface area contributed by atoms with Crippen LogP contribution in [0.15, 0.2) is 47.8 Å². The van der Waals surface area contributed by atoms with E-state index < -0.39 is 0 Å². The van der Waals surface area contributed by atoms with Gasteiger partial charge in [0.2, 0.25) is 0 Å². The summed E-state index contributed by atoms with van der Waals surface area (Å²) in [6.07, 6.45) is 5.34. The number of rotatable bonds is 5. The molecule has 1 aromatic heterocycles. The van der Waals surface area contributed by atoms with Gasteiger partial charge in [-0.05, 0) is 18.2 Å². The number of hydrazone groups is 1. The number of nitrogens with one attached hydrogen (secondary N) is 1. The van der Waals surface area contributed by atoms with E-state index in [4.69, 9.17) is 16.3 Å². The molecule has 0 aliphatic rings. The molecule has 2 aromatic rings. The lowest BCUT2D eigenvalue weighted by atomic mass is 10.3. The van der Waals surface area contributed by atoms with Crippen LogP contribution in [0.3, 0.4) is 0 Å². The predicted molar refractivity (Wildman–Crippen MR) is 78.1 cm³/mol. The molecule has 0 bridgehead atoms. The maximum atomic E-state index is 11.5. The first-order valence-electron chi connectivity index (χ1n) is 5.96. The van der Waals surface area contributed by atoms with Crippen molar-refractivity contribution in [3.05, 3.63) is 53.3 Å². The van der Waals surface area contributed by atoms with Crippen LogP contribution < -0.4 is 10.2 Å². The van der Waals surface area contributed by atoms with E-state index in [1.165, 1.54) is 0 Å². The Morgan fingerprint density at radius 1 is 1.45 bits per heavy atom. The molecule has 0 saturated carbocycles. The first kappa shape index (κ1) is 14.1. The van der Waals surface area contributed by atoms with Crippen molar-refractivity contribution < 1.29 is 9.53 Å². The van der Waals surface area contributed by atoms with Gasteiger partial charge < -0.3 is 9.30 Å². The van der Waals surface area contributed by atoms with Gasteiger partial charge >= 0.3 is 0 Å². The molecule has 1 N–H and O–H groups in total. The second-order valence-corrected chi connectivity index (χ2v) is 4.53. The van der Waals surface area contributed by atoms with Crippen LogP contribution in [0, 0.1) is 0 Å². The molecule has 5 nitrogen and oxygen atoms in total. The van der Waals surface area contributed by atoms with E-state index in [1.807, 2.05) is 30.1 Å². The lowest BCUT2D eigenvalue weighted by Crippen LogP contribution is -2.24. The molecule has 0 radical (unpaired) electrons. The Kier molecular flexibility index (Phi) is 4.79. The minimum atomic E-state index is -0.350. The number of carbonyl (C=O) groups excluding carboxylic acids is 1. The molecule has 0 saturated heterocycles. The van der Waals surface area contributed by atoms with E-state index in [9.17, 15) is 4.79 Å². The Morgan fingerprint density at radius 3 is 2.95 bits per heavy atom. The average Bonchev–Trinajstić information content (AvgIpc) is 2.83. The zero-order valence-electron chi connectivity index (χ0n) is 10.9. The minimum Gasteiger partial charge on any atom is -0.482 e. The first-order valence-corrected chi connectivity index (χ1v) is 6.34. The molecule has 1 amide bonds. The fraction of sp³-hybridized carbons (Fsp3) is 0.143. The van der Waals surface area contributed by atoms with Crippen molar-refractivity contribution in [1.82, 2.24) is 9.99 Å². The largest absolute Gasteiger partial charge is 0.482 e. The van der Waals surface area contributed by atoms with Gasteiger partial charge in [0.05, 0.1) is 11.2 Å². The van der Waals surface area contributed by atoms with Gasteiger partial charge in [0.15, 0.2) is 6.61 Å². The number of amides is 1. The molecule has 0 aliphatic carbocycles. The number of carbonyl (C=O) groups is 1. The number of ether oxygens (including phenoxy) is 1. The summed E-state index contributed by atoms with van der Waals surface area (Å²) in [6, 6.07) is 8.85. The molecule has 1 aromatic carbocycles. The maximum Gasteiger partial charge on any atom is 0.277 e. The lowest BCUT2D eigenvalue weighted by Gasteiger charge is -2.06. The highest BCUT2D eigenvalue weighted by molar-refractivity contribution is 6.32. The Morgan fingerprint density at radius 2 is 2.25 bits per heavy atom. The summed E-state index contributed by atoms with van der Waals surface area (Å²) in [5.41, 5.74) is 3.29. The molecule has 104 valence electrons. The first-order chi connectivity index (χ1) is 9.65. The minimum absolute atomic E-state index is 0.143. The number of aromatic nitrogens is 1. The molecule has 20 heavy (non-hydrogen) atoms. The van der Waals surface area contributed by atoms with Crippen LogP contribution in [0.2, 0.25) is 5.02 Å². The zero-order chi connectivity index (χ0) is 14.4. The summed E-state index contributed by atoms with van der Waals surface area (Å²) in [7, 11) is 1.91. The fourth-order valence-electron chi connectivity index (χ4n) is 1.52. The normalized spacial score (nSPS) is 10.7. The highest BCUT2D eigenvalue weighted by Gasteiger charge is 2.04. The highest BCUT2D eigenvalue weighted by atomic mass is 35.5. The van der Waals surface area contributed by atoms with Crippen molar-refractivity contribution >= 4 is 23.7 Å². The monoisotopic (exact) mass is 291 g/mol. The van der Waals surface area contributed by atoms with E-state index in [1.54, 1.807) is 30.5 Å². The number of benzene rings is 1. The third-order valence-corrected chi connectivity index (χ3v) is 2.77. The lowest BCUT2D eigenvalue weighted by molar-refractivity contribution is -0.123. The van der Waals surface area contributed by atoms with Crippen molar-refractivity contribution in [2.75, 3.05) is 6.61 Å². The second kappa shape index (κ2) is 6.77. The Balaban J connectivity index is 1.78. The van der Waals surface area contributed by atoms with Crippen molar-refractivity contribution in [2.24, 2.45) is 12.1 Å². The van der Waals surface area contributed by atoms with Gasteiger partial charge in [0.1, 0.15) is 5.75 Å². The molecule has 0 unspecified atom stereocenters. The standard InChI is InChI=1S/C14H14ClN3O2/c1-18-7-6-11(9-18)8-16-17-14(19)10-20-13-5-3-2-4-12(13)15/h2-9H,10H2,1H3,(H,17,19)/b16-8+. The van der Waals surface area contributed by atoms with Gasteiger partial charge in [-0.2, -0.15) is 5.10 Å².